The van der Waals surface area contributed by atoms with Crippen LogP contribution in [0.25, 0.3) is 11.1 Å². The third-order valence-electron chi connectivity index (χ3n) is 5.04. The molecule has 1 aromatic heterocycles. The number of hydrogen-bond donors (Lipinski definition) is 0. The molecule has 2 aromatic carbocycles. The van der Waals surface area contributed by atoms with E-state index >= 15 is 0 Å². The third-order valence-corrected chi connectivity index (χ3v) is 5.04. The number of methoxy groups -OCH3 is 1. The Morgan fingerprint density at radius 3 is 2.34 bits per heavy atom. The molecule has 0 aliphatic heterocycles. The van der Waals surface area contributed by atoms with Gasteiger partial charge in [-0.3, -0.25) is 9.69 Å². The minimum Gasteiger partial charge on any atom is -0.481 e. The Hall–Kier alpha value is -3.74. The lowest BCUT2D eigenvalue weighted by Crippen LogP contribution is -2.27. The van der Waals surface area contributed by atoms with Crippen LogP contribution in [0.5, 0.6) is 5.88 Å². The number of hydrogen-bond acceptors (Lipinski definition) is 5. The van der Waals surface area contributed by atoms with Crippen molar-refractivity contribution in [1.29, 1.82) is 0 Å². The monoisotopic (exact) mass is 436 g/mol. The molecule has 3 aromatic rings. The third kappa shape index (κ3) is 5.49. The highest BCUT2D eigenvalue weighted by molar-refractivity contribution is 5.96. The molecule has 0 bridgehead atoms. The number of pyridine rings is 1. The Labute approximate surface area is 186 Å². The number of benzene rings is 2. The average Bonchev–Trinajstić information content (AvgIpc) is 2.82. The molecule has 6 nitrogen and oxygen atoms in total. The molecule has 32 heavy (non-hydrogen) atoms. The highest BCUT2D eigenvalue weighted by atomic mass is 19.1. The first-order chi connectivity index (χ1) is 15.4. The zero-order chi connectivity index (χ0) is 23.1. The quantitative estimate of drug-likeness (QED) is 0.448. The van der Waals surface area contributed by atoms with Crippen LogP contribution in [0.3, 0.4) is 0 Å². The van der Waals surface area contributed by atoms with Gasteiger partial charge in [-0.2, -0.15) is 0 Å². The second-order valence-electron chi connectivity index (χ2n) is 7.13. The van der Waals surface area contributed by atoms with Crippen LogP contribution < -0.4 is 9.64 Å². The highest BCUT2D eigenvalue weighted by Gasteiger charge is 2.16. The van der Waals surface area contributed by atoms with E-state index in [4.69, 9.17) is 9.47 Å². The first kappa shape index (κ1) is 22.9. The van der Waals surface area contributed by atoms with Gasteiger partial charge < -0.3 is 9.47 Å². The zero-order valence-electron chi connectivity index (χ0n) is 18.3. The number of ether oxygens (including phenoxy) is 2. The summed E-state index contributed by atoms with van der Waals surface area (Å²) in [6, 6.07) is 15.3. The molecule has 0 radical (unpaired) electrons. The van der Waals surface area contributed by atoms with E-state index in [1.807, 2.05) is 6.07 Å². The predicted octanol–water partition coefficient (Wildman–Crippen LogP) is 5.30. The van der Waals surface area contributed by atoms with Gasteiger partial charge in [0.25, 0.3) is 0 Å². The summed E-state index contributed by atoms with van der Waals surface area (Å²) in [5, 5.41) is 0. The molecule has 0 unspecified atom stereocenters. The number of amides is 1. The summed E-state index contributed by atoms with van der Waals surface area (Å²) in [4.78, 5) is 29.6. The number of Topliss-reactive ketones (excluding diaryl/α,β-unsaturated/α-hetero) is 1. The van der Waals surface area contributed by atoms with Crippen molar-refractivity contribution in [3.8, 4) is 17.0 Å². The van der Waals surface area contributed by atoms with E-state index in [-0.39, 0.29) is 18.1 Å². The molecular weight excluding hydrogens is 411 g/mol. The van der Waals surface area contributed by atoms with E-state index in [1.165, 1.54) is 19.2 Å². The van der Waals surface area contributed by atoms with Crippen LogP contribution in [0.2, 0.25) is 0 Å². The molecule has 166 valence electrons. The highest BCUT2D eigenvalue weighted by Crippen LogP contribution is 2.27. The van der Waals surface area contributed by atoms with Gasteiger partial charge in [-0.1, -0.05) is 36.4 Å². The SMILES string of the molecule is CCOC(=O)N(C)c1ccc(-c2ccc(C(=O)CCc3ccc(OC)nc3)cc2)cc1F. The first-order valence-corrected chi connectivity index (χ1v) is 10.3. The van der Waals surface area contributed by atoms with Crippen molar-refractivity contribution >= 4 is 17.6 Å². The first-order valence-electron chi connectivity index (χ1n) is 10.3. The average molecular weight is 436 g/mol. The van der Waals surface area contributed by atoms with Crippen molar-refractivity contribution in [3.63, 3.8) is 0 Å². The fourth-order valence-electron chi connectivity index (χ4n) is 3.21. The molecule has 7 heteroatoms. The van der Waals surface area contributed by atoms with Gasteiger partial charge in [-0.05, 0) is 42.2 Å². The largest absolute Gasteiger partial charge is 0.481 e. The summed E-state index contributed by atoms with van der Waals surface area (Å²) < 4.78 is 24.5. The number of aromatic nitrogens is 1. The summed E-state index contributed by atoms with van der Waals surface area (Å²) in [7, 11) is 3.01. The Morgan fingerprint density at radius 1 is 1.03 bits per heavy atom. The van der Waals surface area contributed by atoms with Crippen molar-refractivity contribution in [3.05, 3.63) is 77.7 Å². The summed E-state index contributed by atoms with van der Waals surface area (Å²) in [6.45, 7) is 1.90. The molecule has 0 aliphatic carbocycles. The number of anilines is 1. The normalized spacial score (nSPS) is 10.5. The number of carbonyl (C=O) groups excluding carboxylic acids is 2. The van der Waals surface area contributed by atoms with Crippen molar-refractivity contribution in [2.45, 2.75) is 19.8 Å². The molecule has 0 atom stereocenters. The van der Waals surface area contributed by atoms with Gasteiger partial charge in [0.15, 0.2) is 5.78 Å². The van der Waals surface area contributed by atoms with Gasteiger partial charge in [0.05, 0.1) is 19.4 Å². The van der Waals surface area contributed by atoms with Gasteiger partial charge in [0.2, 0.25) is 5.88 Å². The summed E-state index contributed by atoms with van der Waals surface area (Å²) in [6.07, 6.45) is 2.02. The number of carbonyl (C=O) groups is 2. The lowest BCUT2D eigenvalue weighted by Gasteiger charge is -2.17. The van der Waals surface area contributed by atoms with Crippen LogP contribution in [0.15, 0.2) is 60.8 Å². The number of aryl methyl sites for hydroxylation is 1. The molecule has 1 heterocycles. The Bertz CT molecular complexity index is 1080. The minimum atomic E-state index is -0.618. The second-order valence-corrected chi connectivity index (χ2v) is 7.13. The van der Waals surface area contributed by atoms with E-state index in [1.54, 1.807) is 56.6 Å². The molecule has 3 rings (SSSR count). The molecule has 0 N–H and O–H groups in total. The van der Waals surface area contributed by atoms with Crippen LogP contribution >= 0.6 is 0 Å². The second kappa shape index (κ2) is 10.5. The van der Waals surface area contributed by atoms with E-state index in [0.29, 0.717) is 29.8 Å². The van der Waals surface area contributed by atoms with Crippen molar-refractivity contribution in [2.24, 2.45) is 0 Å². The summed E-state index contributed by atoms with van der Waals surface area (Å²) in [5.74, 6) is 0.0175. The number of halogens is 1. The van der Waals surface area contributed by atoms with Gasteiger partial charge in [-0.25, -0.2) is 14.2 Å². The van der Waals surface area contributed by atoms with E-state index in [2.05, 4.69) is 4.98 Å². The molecule has 0 saturated heterocycles. The van der Waals surface area contributed by atoms with Crippen LogP contribution in [0.4, 0.5) is 14.9 Å². The summed E-state index contributed by atoms with van der Waals surface area (Å²) >= 11 is 0. The Morgan fingerprint density at radius 2 is 1.75 bits per heavy atom. The van der Waals surface area contributed by atoms with E-state index < -0.39 is 11.9 Å². The fraction of sp³-hybridized carbons (Fsp3) is 0.240. The van der Waals surface area contributed by atoms with E-state index in [0.717, 1.165) is 16.0 Å². The minimum absolute atomic E-state index is 0.0185. The molecule has 1 amide bonds. The molecule has 0 spiro atoms. The Balaban J connectivity index is 1.66. The topological polar surface area (TPSA) is 68.7 Å². The fourth-order valence-corrected chi connectivity index (χ4v) is 3.21. The van der Waals surface area contributed by atoms with Crippen molar-refractivity contribution in [2.75, 3.05) is 25.7 Å². The standard InChI is InChI=1S/C25H25FN2O4/c1-4-32-25(30)28(2)22-12-11-20(15-21(22)26)18-7-9-19(10-8-18)23(29)13-5-17-6-14-24(31-3)27-16-17/h6-12,14-16H,4-5,13H2,1-3H3. The number of nitrogens with zero attached hydrogens (tertiary/aromatic N) is 2. The smallest absolute Gasteiger partial charge is 0.414 e. The molecule has 0 aliphatic rings. The predicted molar refractivity (Wildman–Crippen MR) is 121 cm³/mol. The molecule has 0 fully saturated rings. The number of rotatable bonds is 8. The zero-order valence-corrected chi connectivity index (χ0v) is 18.3. The lowest BCUT2D eigenvalue weighted by atomic mass is 9.99. The van der Waals surface area contributed by atoms with Crippen LogP contribution in [-0.2, 0) is 11.2 Å². The van der Waals surface area contributed by atoms with E-state index in [9.17, 15) is 14.0 Å². The van der Waals surface area contributed by atoms with Gasteiger partial charge >= 0.3 is 6.09 Å². The van der Waals surface area contributed by atoms with Gasteiger partial charge in [0, 0.05) is 31.3 Å². The van der Waals surface area contributed by atoms with Crippen LogP contribution in [0, 0.1) is 5.82 Å². The number of ketones is 1. The van der Waals surface area contributed by atoms with Gasteiger partial charge in [0.1, 0.15) is 5.82 Å². The lowest BCUT2D eigenvalue weighted by molar-refractivity contribution is 0.0982. The molecular formula is C25H25FN2O4. The van der Waals surface area contributed by atoms with Crippen molar-refractivity contribution in [1.82, 2.24) is 4.98 Å². The molecule has 0 saturated carbocycles. The van der Waals surface area contributed by atoms with Crippen LogP contribution in [-0.4, -0.2) is 37.6 Å². The summed E-state index contributed by atoms with van der Waals surface area (Å²) in [5.41, 5.74) is 3.09. The maximum absolute atomic E-state index is 14.6. The maximum Gasteiger partial charge on any atom is 0.414 e. The maximum atomic E-state index is 14.6. The van der Waals surface area contributed by atoms with Gasteiger partial charge in [-0.15, -0.1) is 0 Å². The van der Waals surface area contributed by atoms with Crippen LogP contribution in [0.1, 0.15) is 29.3 Å². The Kier molecular flexibility index (Phi) is 7.54. The van der Waals surface area contributed by atoms with Crippen molar-refractivity contribution < 1.29 is 23.5 Å².